The molecule has 1 N–H and O–H groups in total. The van der Waals surface area contributed by atoms with Crippen molar-refractivity contribution in [2.45, 2.75) is 44.8 Å². The van der Waals surface area contributed by atoms with E-state index in [1.807, 2.05) is 13.0 Å². The topological polar surface area (TPSA) is 48.5 Å². The zero-order chi connectivity index (χ0) is 21.2. The summed E-state index contributed by atoms with van der Waals surface area (Å²) in [4.78, 5) is 22.6. The third kappa shape index (κ3) is 4.52. The molecule has 1 amide bonds. The van der Waals surface area contributed by atoms with Crippen LogP contribution >= 0.6 is 11.3 Å². The van der Waals surface area contributed by atoms with E-state index in [9.17, 15) is 4.79 Å². The van der Waals surface area contributed by atoms with Gasteiger partial charge in [0.25, 0.3) is 0 Å². The first-order valence-corrected chi connectivity index (χ1v) is 12.2. The maximum absolute atomic E-state index is 13.0. The van der Waals surface area contributed by atoms with E-state index in [0.29, 0.717) is 0 Å². The van der Waals surface area contributed by atoms with E-state index in [2.05, 4.69) is 57.6 Å². The van der Waals surface area contributed by atoms with E-state index in [1.54, 1.807) is 11.3 Å². The molecular weight excluding hydrogens is 404 g/mol. The summed E-state index contributed by atoms with van der Waals surface area (Å²) in [6, 6.07) is 16.9. The van der Waals surface area contributed by atoms with Gasteiger partial charge < -0.3 is 5.32 Å². The second-order valence-corrected chi connectivity index (χ2v) is 9.83. The van der Waals surface area contributed by atoms with E-state index >= 15 is 0 Å². The van der Waals surface area contributed by atoms with Gasteiger partial charge in [-0.25, -0.2) is 4.98 Å². The minimum atomic E-state index is -0.0984. The van der Waals surface area contributed by atoms with Crippen molar-refractivity contribution in [3.8, 4) is 0 Å². The van der Waals surface area contributed by atoms with Gasteiger partial charge in [-0.1, -0.05) is 36.4 Å². The van der Waals surface area contributed by atoms with Crippen LogP contribution in [0, 0.1) is 0 Å². The van der Waals surface area contributed by atoms with Crippen molar-refractivity contribution in [2.24, 2.45) is 0 Å². The van der Waals surface area contributed by atoms with Crippen LogP contribution in [0.15, 0.2) is 48.5 Å². The lowest BCUT2D eigenvalue weighted by molar-refractivity contribution is -0.127. The van der Waals surface area contributed by atoms with Crippen molar-refractivity contribution in [3.05, 3.63) is 64.7 Å². The largest absolute Gasteiger partial charge is 0.348 e. The van der Waals surface area contributed by atoms with E-state index in [1.165, 1.54) is 20.8 Å². The molecule has 2 aliphatic rings. The lowest BCUT2D eigenvalue weighted by Gasteiger charge is -2.38. The maximum Gasteiger partial charge on any atom is 0.237 e. The lowest BCUT2D eigenvalue weighted by atomic mass is 9.87. The molecule has 0 bridgehead atoms. The first kappa shape index (κ1) is 20.6. The van der Waals surface area contributed by atoms with Gasteiger partial charge in [0.05, 0.1) is 28.8 Å². The van der Waals surface area contributed by atoms with Crippen LogP contribution in [0.2, 0.25) is 0 Å². The number of hydrogen-bond acceptors (Lipinski definition) is 5. The molecule has 1 fully saturated rings. The molecule has 6 heteroatoms. The summed E-state index contributed by atoms with van der Waals surface area (Å²) in [5.74, 6) is 0.154. The first-order chi connectivity index (χ1) is 15.2. The zero-order valence-electron chi connectivity index (χ0n) is 18.1. The van der Waals surface area contributed by atoms with Crippen molar-refractivity contribution >= 4 is 27.5 Å². The van der Waals surface area contributed by atoms with Gasteiger partial charge in [-0.05, 0) is 49.4 Å². The summed E-state index contributed by atoms with van der Waals surface area (Å²) in [6.45, 7) is 6.72. The molecule has 1 aromatic heterocycles. The fourth-order valence-corrected chi connectivity index (χ4v) is 5.86. The summed E-state index contributed by atoms with van der Waals surface area (Å²) >= 11 is 1.79. The molecule has 5 rings (SSSR count). The van der Waals surface area contributed by atoms with Gasteiger partial charge in [0.15, 0.2) is 0 Å². The van der Waals surface area contributed by atoms with Crippen LogP contribution < -0.4 is 5.32 Å². The van der Waals surface area contributed by atoms with Gasteiger partial charge in [0.2, 0.25) is 5.91 Å². The Morgan fingerprint density at radius 2 is 1.90 bits per heavy atom. The van der Waals surface area contributed by atoms with E-state index in [4.69, 9.17) is 4.98 Å². The number of fused-ring (bicyclic) bond motifs is 2. The van der Waals surface area contributed by atoms with Crippen molar-refractivity contribution in [1.29, 1.82) is 0 Å². The zero-order valence-corrected chi connectivity index (χ0v) is 18.9. The number of aromatic nitrogens is 1. The third-order valence-electron chi connectivity index (χ3n) is 6.72. The Kier molecular flexibility index (Phi) is 6.03. The molecule has 5 nitrogen and oxygen atoms in total. The fraction of sp³-hybridized carbons (Fsp3) is 0.440. The van der Waals surface area contributed by atoms with Gasteiger partial charge in [-0.15, -0.1) is 11.3 Å². The van der Waals surface area contributed by atoms with Crippen molar-refractivity contribution < 1.29 is 4.79 Å². The average molecular weight is 435 g/mol. The number of nitrogens with one attached hydrogen (secondary N) is 1. The Hall–Kier alpha value is -2.28. The molecule has 0 saturated carbocycles. The maximum atomic E-state index is 13.0. The normalized spacial score (nSPS) is 21.0. The van der Waals surface area contributed by atoms with Gasteiger partial charge in [0.1, 0.15) is 5.01 Å². The average Bonchev–Trinajstić information content (AvgIpc) is 3.21. The smallest absolute Gasteiger partial charge is 0.237 e. The molecule has 2 aromatic carbocycles. The molecule has 2 atom stereocenters. The molecule has 0 radical (unpaired) electrons. The van der Waals surface area contributed by atoms with E-state index in [-0.39, 0.29) is 18.0 Å². The number of carbonyl (C=O) groups is 1. The van der Waals surface area contributed by atoms with Gasteiger partial charge in [-0.3, -0.25) is 14.6 Å². The van der Waals surface area contributed by atoms with Crippen LogP contribution in [-0.4, -0.2) is 52.9 Å². The number of thiazole rings is 1. The van der Waals surface area contributed by atoms with Crippen molar-refractivity contribution in [1.82, 2.24) is 20.1 Å². The summed E-state index contributed by atoms with van der Waals surface area (Å²) in [6.07, 6.45) is 3.29. The highest BCUT2D eigenvalue weighted by atomic mass is 32.1. The number of piperazine rings is 1. The third-order valence-corrected chi connectivity index (χ3v) is 7.74. The highest BCUT2D eigenvalue weighted by Gasteiger charge is 2.29. The molecule has 0 spiro atoms. The quantitative estimate of drug-likeness (QED) is 0.660. The van der Waals surface area contributed by atoms with E-state index < -0.39 is 0 Å². The minimum absolute atomic E-state index is 0.0984. The van der Waals surface area contributed by atoms with Crippen molar-refractivity contribution in [3.63, 3.8) is 0 Å². The fourth-order valence-electron chi connectivity index (χ4n) is 4.85. The number of para-hydroxylation sites is 1. The molecule has 31 heavy (non-hydrogen) atoms. The molecule has 1 aliphatic carbocycles. The molecule has 162 valence electrons. The molecule has 1 saturated heterocycles. The molecule has 3 aromatic rings. The number of hydrogen-bond donors (Lipinski definition) is 1. The highest BCUT2D eigenvalue weighted by molar-refractivity contribution is 7.18. The van der Waals surface area contributed by atoms with Gasteiger partial charge in [0, 0.05) is 26.2 Å². The predicted octanol–water partition coefficient (Wildman–Crippen LogP) is 4.00. The summed E-state index contributed by atoms with van der Waals surface area (Å²) in [5, 5.41) is 4.51. The summed E-state index contributed by atoms with van der Waals surface area (Å²) < 4.78 is 1.26. The standard InChI is InChI=1S/C25H30N4OS/c1-18(25(30)27-21-11-6-8-19-7-2-3-9-20(19)21)29-15-13-28(14-16-29)17-24-26-22-10-4-5-12-23(22)31-24/h2-5,7,9-10,12,18,21H,6,8,11,13-17H2,1H3,(H,27,30)/t18-,21+/m1/s1. The molecular formula is C25H30N4OS. The lowest BCUT2D eigenvalue weighted by Crippen LogP contribution is -2.54. The minimum Gasteiger partial charge on any atom is -0.348 e. The summed E-state index contributed by atoms with van der Waals surface area (Å²) in [5.41, 5.74) is 3.78. The number of aryl methyl sites for hydroxylation is 1. The van der Waals surface area contributed by atoms with Crippen LogP contribution in [0.25, 0.3) is 10.2 Å². The SMILES string of the molecule is C[C@H](C(=O)N[C@H]1CCCc2ccccc21)N1CCN(Cc2nc3ccccc3s2)CC1. The molecule has 1 aliphatic heterocycles. The second kappa shape index (κ2) is 9.07. The van der Waals surface area contributed by atoms with Crippen LogP contribution in [-0.2, 0) is 17.8 Å². The van der Waals surface area contributed by atoms with Crippen LogP contribution in [0.4, 0.5) is 0 Å². The van der Waals surface area contributed by atoms with Crippen molar-refractivity contribution in [2.75, 3.05) is 26.2 Å². The molecule has 0 unspecified atom stereocenters. The van der Waals surface area contributed by atoms with Crippen LogP contribution in [0.3, 0.4) is 0 Å². The Morgan fingerprint density at radius 3 is 2.74 bits per heavy atom. The number of amides is 1. The number of carbonyl (C=O) groups excluding carboxylic acids is 1. The van der Waals surface area contributed by atoms with Crippen LogP contribution in [0.1, 0.15) is 41.9 Å². The Balaban J connectivity index is 1.15. The number of nitrogens with zero attached hydrogens (tertiary/aromatic N) is 3. The van der Waals surface area contributed by atoms with Crippen LogP contribution in [0.5, 0.6) is 0 Å². The van der Waals surface area contributed by atoms with Gasteiger partial charge >= 0.3 is 0 Å². The second-order valence-electron chi connectivity index (χ2n) is 8.72. The number of rotatable bonds is 5. The predicted molar refractivity (Wildman–Crippen MR) is 126 cm³/mol. The van der Waals surface area contributed by atoms with E-state index in [0.717, 1.165) is 57.5 Å². The molecule has 2 heterocycles. The van der Waals surface area contributed by atoms with Gasteiger partial charge in [-0.2, -0.15) is 0 Å². The number of benzene rings is 2. The Morgan fingerprint density at radius 1 is 1.13 bits per heavy atom. The Labute approximate surface area is 188 Å². The first-order valence-electron chi connectivity index (χ1n) is 11.4. The summed E-state index contributed by atoms with van der Waals surface area (Å²) in [7, 11) is 0. The monoisotopic (exact) mass is 434 g/mol. The highest BCUT2D eigenvalue weighted by Crippen LogP contribution is 2.29. The Bertz CT molecular complexity index is 1020.